The molecule has 2 amide bonds. The fourth-order valence-corrected chi connectivity index (χ4v) is 6.22. The highest BCUT2D eigenvalue weighted by atomic mass is 16.6. The van der Waals surface area contributed by atoms with E-state index in [-0.39, 0.29) is 46.9 Å². The molecule has 3 aliphatic rings. The summed E-state index contributed by atoms with van der Waals surface area (Å²) in [6.07, 6.45) is 5.64. The van der Waals surface area contributed by atoms with Crippen LogP contribution in [0.3, 0.4) is 0 Å². The van der Waals surface area contributed by atoms with E-state index < -0.39 is 4.92 Å². The lowest BCUT2D eigenvalue weighted by molar-refractivity contribution is -0.384. The molecule has 3 aromatic rings. The molecule has 4 atom stereocenters. The Morgan fingerprint density at radius 1 is 0.838 bits per heavy atom. The largest absolute Gasteiger partial charge is 0.361 e. The van der Waals surface area contributed by atoms with Crippen LogP contribution in [0, 0.1) is 33.8 Å². The summed E-state index contributed by atoms with van der Waals surface area (Å²) in [7, 11) is 0. The summed E-state index contributed by atoms with van der Waals surface area (Å²) >= 11 is 0. The fourth-order valence-electron chi connectivity index (χ4n) is 6.22. The summed E-state index contributed by atoms with van der Waals surface area (Å²) in [6, 6.07) is 24.6. The average molecular weight is 494 g/mol. The molecule has 0 aromatic heterocycles. The van der Waals surface area contributed by atoms with Crippen molar-refractivity contribution in [3.8, 4) is 0 Å². The Hall–Kier alpha value is -4.26. The van der Waals surface area contributed by atoms with Crippen LogP contribution < -0.4 is 9.80 Å². The van der Waals surface area contributed by atoms with E-state index in [4.69, 9.17) is 0 Å². The number of benzene rings is 3. The van der Waals surface area contributed by atoms with Gasteiger partial charge in [0, 0.05) is 19.2 Å². The monoisotopic (exact) mass is 493 g/mol. The third-order valence-electron chi connectivity index (χ3n) is 7.95. The van der Waals surface area contributed by atoms with E-state index >= 15 is 0 Å². The Balaban J connectivity index is 1.33. The van der Waals surface area contributed by atoms with Gasteiger partial charge in [-0.1, -0.05) is 72.8 Å². The predicted molar refractivity (Wildman–Crippen MR) is 141 cm³/mol. The number of fused-ring (bicyclic) bond motifs is 5. The van der Waals surface area contributed by atoms with Gasteiger partial charge in [-0.05, 0) is 47.9 Å². The first-order valence-electron chi connectivity index (χ1n) is 12.7. The average Bonchev–Trinajstić information content (AvgIpc) is 3.61. The number of rotatable bonds is 8. The van der Waals surface area contributed by atoms with E-state index in [9.17, 15) is 19.7 Å². The van der Waals surface area contributed by atoms with Crippen molar-refractivity contribution in [2.45, 2.75) is 19.4 Å². The molecule has 1 saturated heterocycles. The first-order chi connectivity index (χ1) is 18.0. The van der Waals surface area contributed by atoms with Gasteiger partial charge in [0.2, 0.25) is 11.8 Å². The third-order valence-corrected chi connectivity index (χ3v) is 7.95. The van der Waals surface area contributed by atoms with E-state index in [2.05, 4.69) is 0 Å². The van der Waals surface area contributed by atoms with Crippen molar-refractivity contribution < 1.29 is 14.5 Å². The van der Waals surface area contributed by atoms with Gasteiger partial charge in [-0.2, -0.15) is 0 Å². The Kier molecular flexibility index (Phi) is 5.83. The van der Waals surface area contributed by atoms with Crippen molar-refractivity contribution in [3.63, 3.8) is 0 Å². The molecule has 6 rings (SSSR count). The normalized spacial score (nSPS) is 23.5. The van der Waals surface area contributed by atoms with Crippen LogP contribution in [0.25, 0.3) is 0 Å². The lowest BCUT2D eigenvalue weighted by Gasteiger charge is -2.26. The van der Waals surface area contributed by atoms with Gasteiger partial charge >= 0.3 is 0 Å². The van der Waals surface area contributed by atoms with Crippen LogP contribution in [0.5, 0.6) is 0 Å². The van der Waals surface area contributed by atoms with Gasteiger partial charge in [-0.25, -0.2) is 4.90 Å². The molecular formula is C30H27N3O4. The molecule has 0 N–H and O–H groups in total. The second-order valence-electron chi connectivity index (χ2n) is 10.1. The van der Waals surface area contributed by atoms with Crippen LogP contribution >= 0.6 is 0 Å². The van der Waals surface area contributed by atoms with Crippen molar-refractivity contribution >= 4 is 28.9 Å². The number of hydrogen-bond donors (Lipinski definition) is 0. The molecule has 4 unspecified atom stereocenters. The van der Waals surface area contributed by atoms with E-state index in [0.29, 0.717) is 18.8 Å². The van der Waals surface area contributed by atoms with Gasteiger partial charge in [0.15, 0.2) is 0 Å². The van der Waals surface area contributed by atoms with Crippen molar-refractivity contribution in [1.29, 1.82) is 0 Å². The predicted octanol–water partition coefficient (Wildman–Crippen LogP) is 5.16. The minimum Gasteiger partial charge on any atom is -0.361 e. The van der Waals surface area contributed by atoms with Gasteiger partial charge in [-0.3, -0.25) is 19.7 Å². The van der Waals surface area contributed by atoms with Crippen LogP contribution in [0.15, 0.2) is 91.0 Å². The highest BCUT2D eigenvalue weighted by molar-refractivity contribution is 6.23. The Morgan fingerprint density at radius 2 is 1.43 bits per heavy atom. The standard InChI is InChI=1S/C30H27N3O4/c34-29-27-22-11-12-23(17-22)28(27)30(35)32(29)24-13-14-25(26(18-24)33(36)37)31(19-21-9-5-2-6-10-21)16-15-20-7-3-1-4-8-20/h1-14,18,22-23,27-28H,15-17,19H2. The molecule has 0 radical (unpaired) electrons. The van der Waals surface area contributed by atoms with Crippen LogP contribution in [0.1, 0.15) is 17.5 Å². The van der Waals surface area contributed by atoms with Crippen molar-refractivity contribution in [2.24, 2.45) is 23.7 Å². The molecular weight excluding hydrogens is 466 g/mol. The summed E-state index contributed by atoms with van der Waals surface area (Å²) in [5.41, 5.74) is 2.81. The van der Waals surface area contributed by atoms with Crippen molar-refractivity contribution in [3.05, 3.63) is 112 Å². The van der Waals surface area contributed by atoms with Crippen LogP contribution in [-0.4, -0.2) is 23.3 Å². The minimum absolute atomic E-state index is 0.0880. The van der Waals surface area contributed by atoms with E-state index in [1.54, 1.807) is 12.1 Å². The second kappa shape index (κ2) is 9.32. The van der Waals surface area contributed by atoms with Gasteiger partial charge in [-0.15, -0.1) is 0 Å². The molecule has 2 bridgehead atoms. The second-order valence-corrected chi connectivity index (χ2v) is 10.1. The maximum absolute atomic E-state index is 13.3. The summed E-state index contributed by atoms with van der Waals surface area (Å²) in [6.45, 7) is 1.06. The van der Waals surface area contributed by atoms with Crippen molar-refractivity contribution in [1.82, 2.24) is 0 Å². The molecule has 1 heterocycles. The smallest absolute Gasteiger partial charge is 0.294 e. The highest BCUT2D eigenvalue weighted by Crippen LogP contribution is 2.53. The summed E-state index contributed by atoms with van der Waals surface area (Å²) in [5.74, 6) is -0.989. The molecule has 1 saturated carbocycles. The zero-order chi connectivity index (χ0) is 25.5. The summed E-state index contributed by atoms with van der Waals surface area (Å²) < 4.78 is 0. The Labute approximate surface area is 215 Å². The third kappa shape index (κ3) is 4.10. The summed E-state index contributed by atoms with van der Waals surface area (Å²) in [4.78, 5) is 41.6. The van der Waals surface area contributed by atoms with Gasteiger partial charge < -0.3 is 4.90 Å². The van der Waals surface area contributed by atoms with Gasteiger partial charge in [0.05, 0.1) is 22.4 Å². The number of allylic oxidation sites excluding steroid dienone is 2. The first-order valence-corrected chi connectivity index (χ1v) is 12.7. The number of carbonyl (C=O) groups is 2. The molecule has 1 aliphatic heterocycles. The number of anilines is 2. The number of nitrogens with zero attached hydrogens (tertiary/aromatic N) is 3. The van der Waals surface area contributed by atoms with E-state index in [1.165, 1.54) is 11.0 Å². The van der Waals surface area contributed by atoms with Crippen LogP contribution in [-0.2, 0) is 22.6 Å². The SMILES string of the molecule is O=C1C2C3C=CC(C3)C2C(=O)N1c1ccc(N(CCc2ccccc2)Cc2ccccc2)c([N+](=O)[O-])c1. The minimum atomic E-state index is -0.420. The maximum Gasteiger partial charge on any atom is 0.294 e. The summed E-state index contributed by atoms with van der Waals surface area (Å²) in [5, 5.41) is 12.3. The lowest BCUT2D eigenvalue weighted by Crippen LogP contribution is -2.33. The lowest BCUT2D eigenvalue weighted by atomic mass is 9.85. The first kappa shape index (κ1) is 23.2. The molecule has 7 heteroatoms. The van der Waals surface area contributed by atoms with Gasteiger partial charge in [0.25, 0.3) is 5.69 Å². The zero-order valence-corrected chi connectivity index (χ0v) is 20.3. The number of imide groups is 1. The number of hydrogen-bond acceptors (Lipinski definition) is 5. The number of nitro groups is 1. The number of amides is 2. The van der Waals surface area contributed by atoms with Gasteiger partial charge in [0.1, 0.15) is 5.69 Å². The van der Waals surface area contributed by atoms with Crippen LogP contribution in [0.4, 0.5) is 17.1 Å². The van der Waals surface area contributed by atoms with Crippen molar-refractivity contribution in [2.75, 3.05) is 16.3 Å². The number of carbonyl (C=O) groups excluding carboxylic acids is 2. The molecule has 2 aliphatic carbocycles. The molecule has 3 aromatic carbocycles. The molecule has 37 heavy (non-hydrogen) atoms. The zero-order valence-electron chi connectivity index (χ0n) is 20.3. The molecule has 2 fully saturated rings. The highest BCUT2D eigenvalue weighted by Gasteiger charge is 2.59. The van der Waals surface area contributed by atoms with E-state index in [0.717, 1.165) is 24.0 Å². The topological polar surface area (TPSA) is 83.8 Å². The Morgan fingerprint density at radius 3 is 2.03 bits per heavy atom. The molecule has 186 valence electrons. The number of nitro benzene ring substituents is 1. The molecule has 0 spiro atoms. The quantitative estimate of drug-likeness (QED) is 0.187. The maximum atomic E-state index is 13.3. The Bertz CT molecular complexity index is 1360. The molecule has 7 nitrogen and oxygen atoms in total. The fraction of sp³-hybridized carbons (Fsp3) is 0.267. The van der Waals surface area contributed by atoms with E-state index in [1.807, 2.05) is 77.7 Å². The van der Waals surface area contributed by atoms with Crippen LogP contribution in [0.2, 0.25) is 0 Å².